The van der Waals surface area contributed by atoms with Gasteiger partial charge in [-0.15, -0.1) is 0 Å². The van der Waals surface area contributed by atoms with Gasteiger partial charge in [0.2, 0.25) is 11.7 Å². The fourth-order valence-corrected chi connectivity index (χ4v) is 6.44. The molecule has 2 aliphatic heterocycles. The van der Waals surface area contributed by atoms with Crippen LogP contribution in [0.25, 0.3) is 11.1 Å². The zero-order chi connectivity index (χ0) is 30.0. The van der Waals surface area contributed by atoms with Crippen molar-refractivity contribution in [1.82, 2.24) is 14.9 Å². The van der Waals surface area contributed by atoms with Gasteiger partial charge in [0.1, 0.15) is 0 Å². The van der Waals surface area contributed by atoms with E-state index in [4.69, 9.17) is 28.0 Å². The molecule has 0 saturated carbocycles. The number of amides is 2. The highest BCUT2D eigenvalue weighted by atomic mass is 35.5. The van der Waals surface area contributed by atoms with Crippen LogP contribution in [0.5, 0.6) is 0 Å². The molecule has 0 bridgehead atoms. The van der Waals surface area contributed by atoms with Gasteiger partial charge in [-0.25, -0.2) is 4.39 Å². The second-order valence-corrected chi connectivity index (χ2v) is 11.5. The summed E-state index contributed by atoms with van der Waals surface area (Å²) in [6.45, 7) is 1.03. The zero-order valence-electron chi connectivity index (χ0n) is 23.1. The van der Waals surface area contributed by atoms with E-state index < -0.39 is 24.2 Å². The average Bonchev–Trinajstić information content (AvgIpc) is 3.19. The number of hydrogen-bond donors (Lipinski definition) is 2. The number of hydrogen-bond acceptors (Lipinski definition) is 6. The summed E-state index contributed by atoms with van der Waals surface area (Å²) < 4.78 is 17.8. The maximum Gasteiger partial charge on any atom is 0.281 e. The van der Waals surface area contributed by atoms with Crippen LogP contribution < -0.4 is 0 Å². The van der Waals surface area contributed by atoms with Gasteiger partial charge in [-0.2, -0.15) is 5.06 Å². The van der Waals surface area contributed by atoms with Crippen molar-refractivity contribution >= 4 is 35.0 Å². The second kappa shape index (κ2) is 12.7. The number of rotatable bonds is 9. The van der Waals surface area contributed by atoms with Gasteiger partial charge in [0.05, 0.1) is 30.4 Å². The van der Waals surface area contributed by atoms with Crippen LogP contribution in [0.4, 0.5) is 4.39 Å². The van der Waals surface area contributed by atoms with Crippen LogP contribution in [0.15, 0.2) is 54.7 Å². The van der Waals surface area contributed by atoms with Crippen LogP contribution >= 0.6 is 23.2 Å². The number of aromatic nitrogens is 1. The van der Waals surface area contributed by atoms with Gasteiger partial charge in [0, 0.05) is 54.3 Å². The van der Waals surface area contributed by atoms with E-state index in [0.717, 1.165) is 12.8 Å². The first kappa shape index (κ1) is 30.4. The summed E-state index contributed by atoms with van der Waals surface area (Å²) in [6.07, 6.45) is 3.43. The molecule has 0 radical (unpaired) electrons. The van der Waals surface area contributed by atoms with Crippen LogP contribution in [0.3, 0.4) is 0 Å². The van der Waals surface area contributed by atoms with Crippen LogP contribution in [-0.2, 0) is 21.8 Å². The van der Waals surface area contributed by atoms with Crippen LogP contribution in [0.1, 0.15) is 59.3 Å². The largest absolute Gasteiger partial charge is 0.396 e. The van der Waals surface area contributed by atoms with Crippen molar-refractivity contribution in [3.63, 3.8) is 0 Å². The van der Waals surface area contributed by atoms with Gasteiger partial charge >= 0.3 is 0 Å². The lowest BCUT2D eigenvalue weighted by molar-refractivity contribution is -0.230. The summed E-state index contributed by atoms with van der Waals surface area (Å²) in [5, 5.41) is 21.8. The third-order valence-corrected chi connectivity index (χ3v) is 8.50. The molecule has 2 aromatic carbocycles. The average molecular weight is 617 g/mol. The number of likely N-dealkylation sites (tertiary alicyclic amines) is 1. The van der Waals surface area contributed by atoms with Crippen molar-refractivity contribution in [3.05, 3.63) is 87.2 Å². The minimum atomic E-state index is -2.54. The summed E-state index contributed by atoms with van der Waals surface area (Å²) in [7, 11) is 0. The Bertz CT molecular complexity index is 1460. The number of aliphatic hydroxyl groups is 2. The highest BCUT2D eigenvalue weighted by Crippen LogP contribution is 2.50. The lowest BCUT2D eigenvalue weighted by atomic mass is 9.78. The van der Waals surface area contributed by atoms with Crippen molar-refractivity contribution in [3.8, 4) is 11.1 Å². The molecule has 222 valence electrons. The molecule has 2 amide bonds. The Kier molecular flexibility index (Phi) is 9.15. The number of benzene rings is 2. The molecule has 8 nitrogen and oxygen atoms in total. The Morgan fingerprint density at radius 2 is 1.86 bits per heavy atom. The van der Waals surface area contributed by atoms with E-state index in [9.17, 15) is 19.8 Å². The SMILES string of the molecule is CC(=O)N1CCCCC1C(CO)c1ccc2c(c1-c1ccc(Cl)cc1)[C@](F)(Cc1ccc(Cl)cn1)N(OCCO)C2=O. The summed E-state index contributed by atoms with van der Waals surface area (Å²) in [6, 6.07) is 12.9. The number of carbonyl (C=O) groups excluding carboxylic acids is 2. The van der Waals surface area contributed by atoms with Gasteiger partial charge in [0.25, 0.3) is 5.91 Å². The molecule has 3 aromatic rings. The highest BCUT2D eigenvalue weighted by molar-refractivity contribution is 6.30. The topological polar surface area (TPSA) is 103 Å². The third kappa shape index (κ3) is 5.64. The first-order valence-electron chi connectivity index (χ1n) is 13.9. The molecule has 3 heterocycles. The van der Waals surface area contributed by atoms with Crippen LogP contribution in [-0.4, -0.2) is 69.4 Å². The molecule has 2 unspecified atom stereocenters. The molecule has 1 saturated heterocycles. The van der Waals surface area contributed by atoms with Gasteiger partial charge in [-0.05, 0) is 66.3 Å². The van der Waals surface area contributed by atoms with Crippen molar-refractivity contribution in [2.24, 2.45) is 0 Å². The van der Waals surface area contributed by atoms with E-state index in [1.807, 2.05) is 0 Å². The van der Waals surface area contributed by atoms with E-state index in [1.54, 1.807) is 53.4 Å². The van der Waals surface area contributed by atoms with E-state index in [-0.39, 0.29) is 42.7 Å². The van der Waals surface area contributed by atoms with Crippen molar-refractivity contribution in [1.29, 1.82) is 0 Å². The molecule has 0 aliphatic carbocycles. The number of piperidine rings is 1. The molecule has 11 heteroatoms. The smallest absolute Gasteiger partial charge is 0.281 e. The standard InChI is InChI=1S/C31H32Cl2FN3O5/c1-19(40)36-13-3-2-4-27(36)26(18-39)24-11-12-25-29(28(24)20-5-7-21(32)8-6-20)31(34,37(30(25)41)42-15-14-38)16-23-10-9-22(33)17-35-23/h5-12,17,26-27,38-39H,2-4,13-16,18H2,1H3/t26?,27?,31-/m0/s1. The summed E-state index contributed by atoms with van der Waals surface area (Å²) in [4.78, 5) is 37.9. The lowest BCUT2D eigenvalue weighted by Gasteiger charge is -2.40. The third-order valence-electron chi connectivity index (χ3n) is 8.02. The number of pyridine rings is 1. The molecular formula is C31H32Cl2FN3O5. The minimum Gasteiger partial charge on any atom is -0.396 e. The van der Waals surface area contributed by atoms with Crippen LogP contribution in [0.2, 0.25) is 10.0 Å². The fourth-order valence-electron chi connectivity index (χ4n) is 6.20. The molecule has 0 spiro atoms. The first-order valence-corrected chi connectivity index (χ1v) is 14.6. The van der Waals surface area contributed by atoms with Gasteiger partial charge in [-0.3, -0.25) is 19.4 Å². The normalized spacial score (nSPS) is 21.0. The number of carbonyl (C=O) groups is 2. The molecule has 5 rings (SSSR count). The Labute approximate surface area is 253 Å². The highest BCUT2D eigenvalue weighted by Gasteiger charge is 2.54. The Morgan fingerprint density at radius 1 is 1.12 bits per heavy atom. The van der Waals surface area contributed by atoms with E-state index in [1.165, 1.54) is 13.1 Å². The maximum absolute atomic E-state index is 17.8. The Balaban J connectivity index is 1.76. The quantitative estimate of drug-likeness (QED) is 0.318. The number of halogens is 3. The van der Waals surface area contributed by atoms with E-state index in [0.29, 0.717) is 50.5 Å². The zero-order valence-corrected chi connectivity index (χ0v) is 24.6. The Morgan fingerprint density at radius 3 is 2.50 bits per heavy atom. The minimum absolute atomic E-state index is 0.0608. The van der Waals surface area contributed by atoms with Gasteiger partial charge < -0.3 is 15.1 Å². The number of fused-ring (bicyclic) bond motifs is 1. The van der Waals surface area contributed by atoms with Gasteiger partial charge in [0.15, 0.2) is 0 Å². The first-order chi connectivity index (χ1) is 20.2. The molecule has 1 aromatic heterocycles. The maximum atomic E-state index is 17.8. The fraction of sp³-hybridized carbons (Fsp3) is 0.387. The molecule has 1 fully saturated rings. The van der Waals surface area contributed by atoms with Crippen molar-refractivity contribution in [2.45, 2.75) is 50.4 Å². The van der Waals surface area contributed by atoms with Crippen molar-refractivity contribution in [2.75, 3.05) is 26.4 Å². The molecule has 42 heavy (non-hydrogen) atoms. The van der Waals surface area contributed by atoms with Gasteiger partial charge in [-0.1, -0.05) is 41.4 Å². The summed E-state index contributed by atoms with van der Waals surface area (Å²) >= 11 is 12.2. The van der Waals surface area contributed by atoms with Crippen LogP contribution in [0, 0.1) is 0 Å². The number of nitrogens with zero attached hydrogens (tertiary/aromatic N) is 3. The number of aliphatic hydroxyl groups excluding tert-OH is 2. The summed E-state index contributed by atoms with van der Waals surface area (Å²) in [5.41, 5.74) is 2.06. The predicted molar refractivity (Wildman–Crippen MR) is 157 cm³/mol. The molecule has 2 N–H and O–H groups in total. The number of alkyl halides is 1. The lowest BCUT2D eigenvalue weighted by Crippen LogP contribution is -2.47. The number of hydroxylamine groups is 2. The summed E-state index contributed by atoms with van der Waals surface area (Å²) in [5.74, 6) is -3.91. The Hall–Kier alpha value is -3.08. The molecule has 3 atom stereocenters. The van der Waals surface area contributed by atoms with Crippen molar-refractivity contribution < 1.29 is 29.0 Å². The molecule has 2 aliphatic rings. The second-order valence-electron chi connectivity index (χ2n) is 10.6. The van der Waals surface area contributed by atoms with E-state index in [2.05, 4.69) is 4.98 Å². The van der Waals surface area contributed by atoms with E-state index >= 15 is 4.39 Å². The monoisotopic (exact) mass is 615 g/mol. The molecular weight excluding hydrogens is 584 g/mol. The predicted octanol–water partition coefficient (Wildman–Crippen LogP) is 5.28.